The Labute approximate surface area is 101 Å². The van der Waals surface area contributed by atoms with E-state index in [4.69, 9.17) is 16.9 Å². The summed E-state index contributed by atoms with van der Waals surface area (Å²) in [6.07, 6.45) is 1.04. The fraction of sp³-hybridized carbons (Fsp3) is 0.222. The highest BCUT2D eigenvalue weighted by molar-refractivity contribution is 6.29. The molecule has 8 heteroatoms. The molecular formula is C9H7ClN4O3. The molecular weight excluding hydrogens is 248 g/mol. The van der Waals surface area contributed by atoms with Crippen molar-refractivity contribution in [1.82, 2.24) is 10.3 Å². The molecule has 0 saturated carbocycles. The van der Waals surface area contributed by atoms with E-state index in [1.165, 1.54) is 0 Å². The number of carbonyl (C=O) groups is 1. The van der Waals surface area contributed by atoms with Crippen LogP contribution in [0.2, 0.25) is 5.15 Å². The molecule has 17 heavy (non-hydrogen) atoms. The lowest BCUT2D eigenvalue weighted by Gasteiger charge is -2.03. The van der Waals surface area contributed by atoms with Gasteiger partial charge in [0.25, 0.3) is 11.6 Å². The molecule has 0 aliphatic carbocycles. The van der Waals surface area contributed by atoms with Crippen molar-refractivity contribution in [3.63, 3.8) is 0 Å². The molecule has 1 N–H and O–H groups in total. The van der Waals surface area contributed by atoms with E-state index < -0.39 is 16.5 Å². The first kappa shape index (κ1) is 12.9. The zero-order chi connectivity index (χ0) is 12.8. The van der Waals surface area contributed by atoms with Crippen LogP contribution < -0.4 is 5.32 Å². The highest BCUT2D eigenvalue weighted by atomic mass is 35.5. The van der Waals surface area contributed by atoms with Gasteiger partial charge in [0, 0.05) is 6.54 Å². The van der Waals surface area contributed by atoms with Crippen molar-refractivity contribution >= 4 is 23.2 Å². The van der Waals surface area contributed by atoms with Crippen LogP contribution in [-0.2, 0) is 0 Å². The highest BCUT2D eigenvalue weighted by Crippen LogP contribution is 2.19. The molecule has 88 valence electrons. The molecule has 1 amide bonds. The van der Waals surface area contributed by atoms with Gasteiger partial charge in [0.05, 0.1) is 17.4 Å². The normalized spacial score (nSPS) is 9.41. The fourth-order valence-electron chi connectivity index (χ4n) is 1.08. The summed E-state index contributed by atoms with van der Waals surface area (Å²) in [5.74, 6) is -0.656. The van der Waals surface area contributed by atoms with Crippen molar-refractivity contribution in [3.05, 3.63) is 33.1 Å². The Balaban J connectivity index is 2.95. The van der Waals surface area contributed by atoms with Crippen LogP contribution in [0.4, 0.5) is 5.69 Å². The number of nitrogens with zero attached hydrogens (tertiary/aromatic N) is 3. The van der Waals surface area contributed by atoms with Crippen molar-refractivity contribution in [1.29, 1.82) is 5.26 Å². The molecule has 0 unspecified atom stereocenters. The van der Waals surface area contributed by atoms with Crippen LogP contribution in [0.1, 0.15) is 16.8 Å². The number of rotatable bonds is 4. The van der Waals surface area contributed by atoms with E-state index in [1.807, 2.05) is 6.07 Å². The predicted molar refractivity (Wildman–Crippen MR) is 58.5 cm³/mol. The smallest absolute Gasteiger partial charge is 0.300 e. The van der Waals surface area contributed by atoms with E-state index in [0.717, 1.165) is 12.3 Å². The average Bonchev–Trinajstić information content (AvgIpc) is 2.28. The SMILES string of the molecule is N#CCCNC(=O)c1cc(Cl)ncc1[N+](=O)[O-]. The van der Waals surface area contributed by atoms with Crippen molar-refractivity contribution < 1.29 is 9.72 Å². The molecule has 0 radical (unpaired) electrons. The molecule has 7 nitrogen and oxygen atoms in total. The summed E-state index contributed by atoms with van der Waals surface area (Å²) in [7, 11) is 0. The van der Waals surface area contributed by atoms with Crippen LogP contribution in [0.3, 0.4) is 0 Å². The standard InChI is InChI=1S/C9H7ClN4O3/c10-8-4-6(7(5-13-8)14(16)17)9(15)12-3-1-2-11/h4-5H,1,3H2,(H,12,15). The first-order valence-corrected chi connectivity index (χ1v) is 4.89. The number of carbonyl (C=O) groups excluding carboxylic acids is 1. The van der Waals surface area contributed by atoms with Crippen LogP contribution >= 0.6 is 11.6 Å². The second kappa shape index (κ2) is 5.77. The molecule has 1 rings (SSSR count). The molecule has 0 spiro atoms. The molecule has 0 aliphatic rings. The summed E-state index contributed by atoms with van der Waals surface area (Å²) in [5, 5.41) is 21.3. The van der Waals surface area contributed by atoms with Crippen molar-refractivity contribution in [3.8, 4) is 6.07 Å². The summed E-state index contributed by atoms with van der Waals surface area (Å²) >= 11 is 5.56. The third-order valence-electron chi connectivity index (χ3n) is 1.81. The van der Waals surface area contributed by atoms with Crippen LogP contribution in [0.15, 0.2) is 12.3 Å². The number of pyridine rings is 1. The zero-order valence-electron chi connectivity index (χ0n) is 8.51. The number of hydrogen-bond donors (Lipinski definition) is 1. The number of halogens is 1. The Morgan fingerprint density at radius 2 is 2.41 bits per heavy atom. The van der Waals surface area contributed by atoms with Gasteiger partial charge >= 0.3 is 0 Å². The summed E-state index contributed by atoms with van der Waals surface area (Å²) in [6.45, 7) is 0.117. The van der Waals surface area contributed by atoms with Gasteiger partial charge in [-0.2, -0.15) is 5.26 Å². The number of amides is 1. The number of nitrogens with one attached hydrogen (secondary N) is 1. The van der Waals surface area contributed by atoms with Gasteiger partial charge in [0.15, 0.2) is 0 Å². The maximum absolute atomic E-state index is 11.6. The molecule has 0 fully saturated rings. The van der Waals surface area contributed by atoms with Gasteiger partial charge in [-0.25, -0.2) is 4.98 Å². The lowest BCUT2D eigenvalue weighted by Crippen LogP contribution is -2.25. The molecule has 1 heterocycles. The molecule has 0 atom stereocenters. The number of aromatic nitrogens is 1. The zero-order valence-corrected chi connectivity index (χ0v) is 9.27. The van der Waals surface area contributed by atoms with Gasteiger partial charge in [0.2, 0.25) is 0 Å². The minimum atomic E-state index is -0.720. The predicted octanol–water partition coefficient (Wildman–Crippen LogP) is 1.29. The number of hydrogen-bond acceptors (Lipinski definition) is 5. The second-order valence-corrected chi connectivity index (χ2v) is 3.33. The van der Waals surface area contributed by atoms with E-state index in [9.17, 15) is 14.9 Å². The quantitative estimate of drug-likeness (QED) is 0.377. The molecule has 0 aliphatic heterocycles. The Bertz CT molecular complexity index is 498. The van der Waals surface area contributed by atoms with Gasteiger partial charge in [0.1, 0.15) is 16.9 Å². The van der Waals surface area contributed by atoms with Crippen LogP contribution in [0.25, 0.3) is 0 Å². The average molecular weight is 255 g/mol. The first-order chi connectivity index (χ1) is 8.06. The molecule has 1 aromatic rings. The lowest BCUT2D eigenvalue weighted by molar-refractivity contribution is -0.385. The molecule has 0 bridgehead atoms. The lowest BCUT2D eigenvalue weighted by atomic mass is 10.2. The summed E-state index contributed by atoms with van der Waals surface area (Å²) in [4.78, 5) is 25.1. The number of nitro groups is 1. The maximum Gasteiger partial charge on any atom is 0.300 e. The Morgan fingerprint density at radius 1 is 1.71 bits per heavy atom. The van der Waals surface area contributed by atoms with Crippen molar-refractivity contribution in [2.24, 2.45) is 0 Å². The van der Waals surface area contributed by atoms with E-state index in [2.05, 4.69) is 10.3 Å². The Kier molecular flexibility index (Phi) is 4.37. The van der Waals surface area contributed by atoms with E-state index in [-0.39, 0.29) is 23.7 Å². The number of nitriles is 1. The van der Waals surface area contributed by atoms with Gasteiger partial charge in [-0.05, 0) is 6.07 Å². The van der Waals surface area contributed by atoms with Crippen LogP contribution in [-0.4, -0.2) is 22.4 Å². The third kappa shape index (κ3) is 3.39. The maximum atomic E-state index is 11.6. The van der Waals surface area contributed by atoms with Crippen LogP contribution in [0.5, 0.6) is 0 Å². The highest BCUT2D eigenvalue weighted by Gasteiger charge is 2.20. The van der Waals surface area contributed by atoms with E-state index in [0.29, 0.717) is 0 Å². The Morgan fingerprint density at radius 3 is 3.00 bits per heavy atom. The third-order valence-corrected chi connectivity index (χ3v) is 2.02. The van der Waals surface area contributed by atoms with Crippen molar-refractivity contribution in [2.75, 3.05) is 6.54 Å². The summed E-state index contributed by atoms with van der Waals surface area (Å²) < 4.78 is 0. The van der Waals surface area contributed by atoms with Gasteiger partial charge < -0.3 is 5.32 Å². The van der Waals surface area contributed by atoms with Gasteiger partial charge in [-0.3, -0.25) is 14.9 Å². The Hall–Kier alpha value is -2.20. The summed E-state index contributed by atoms with van der Waals surface area (Å²) in [6, 6.07) is 2.95. The minimum Gasteiger partial charge on any atom is -0.351 e. The van der Waals surface area contributed by atoms with Crippen LogP contribution in [0, 0.1) is 21.4 Å². The van der Waals surface area contributed by atoms with Gasteiger partial charge in [-0.15, -0.1) is 0 Å². The summed E-state index contributed by atoms with van der Waals surface area (Å²) in [5.41, 5.74) is -0.600. The topological polar surface area (TPSA) is 109 Å². The first-order valence-electron chi connectivity index (χ1n) is 4.51. The van der Waals surface area contributed by atoms with Gasteiger partial charge in [-0.1, -0.05) is 11.6 Å². The molecule has 0 aromatic carbocycles. The van der Waals surface area contributed by atoms with E-state index >= 15 is 0 Å². The molecule has 0 saturated heterocycles. The largest absolute Gasteiger partial charge is 0.351 e. The fourth-order valence-corrected chi connectivity index (χ4v) is 1.24. The monoisotopic (exact) mass is 254 g/mol. The second-order valence-electron chi connectivity index (χ2n) is 2.95. The minimum absolute atomic E-state index is 0.0129. The molecule has 1 aromatic heterocycles. The van der Waals surface area contributed by atoms with E-state index in [1.54, 1.807) is 0 Å². The van der Waals surface area contributed by atoms with Crippen molar-refractivity contribution in [2.45, 2.75) is 6.42 Å².